The lowest BCUT2D eigenvalue weighted by molar-refractivity contribution is -0.104. The fraction of sp³-hybridized carbons (Fsp3) is 0.231. The molecule has 1 rings (SSSR count). The minimum atomic E-state index is -0.0441. The summed E-state index contributed by atoms with van der Waals surface area (Å²) in [5, 5.41) is 9.57. The Balaban J connectivity index is 2.99. The third-order valence-electron chi connectivity index (χ3n) is 2.32. The van der Waals surface area contributed by atoms with E-state index in [4.69, 9.17) is 0 Å². The molecule has 0 unspecified atom stereocenters. The SMILES string of the molecule is CC(=O)c1ccc(O)c(C/C=C(\C)C=O)c1. The molecule has 0 radical (unpaired) electrons. The Hall–Kier alpha value is -1.90. The van der Waals surface area contributed by atoms with Gasteiger partial charge >= 0.3 is 0 Å². The number of ketones is 1. The first-order valence-electron chi connectivity index (χ1n) is 4.99. The van der Waals surface area contributed by atoms with Crippen LogP contribution in [0.5, 0.6) is 5.75 Å². The normalized spacial score (nSPS) is 11.2. The average Bonchev–Trinajstić information content (AvgIpc) is 2.27. The van der Waals surface area contributed by atoms with E-state index in [1.54, 1.807) is 25.1 Å². The summed E-state index contributed by atoms with van der Waals surface area (Å²) in [4.78, 5) is 21.6. The number of Topliss-reactive ketones (excluding diaryl/α,β-unsaturated/α-hetero) is 1. The lowest BCUT2D eigenvalue weighted by Gasteiger charge is -2.03. The number of aromatic hydroxyl groups is 1. The second-order valence-corrected chi connectivity index (χ2v) is 3.67. The molecule has 0 aliphatic rings. The Labute approximate surface area is 94.4 Å². The maximum atomic E-state index is 11.1. The predicted molar refractivity (Wildman–Crippen MR) is 61.6 cm³/mol. The number of hydrogen-bond acceptors (Lipinski definition) is 3. The van der Waals surface area contributed by atoms with Gasteiger partial charge in [0.15, 0.2) is 5.78 Å². The van der Waals surface area contributed by atoms with Gasteiger partial charge < -0.3 is 5.11 Å². The Morgan fingerprint density at radius 2 is 2.06 bits per heavy atom. The van der Waals surface area contributed by atoms with E-state index < -0.39 is 0 Å². The number of carbonyl (C=O) groups excluding carboxylic acids is 2. The van der Waals surface area contributed by atoms with Crippen molar-refractivity contribution in [3.05, 3.63) is 41.0 Å². The summed E-state index contributed by atoms with van der Waals surface area (Å²) in [5.41, 5.74) is 1.81. The summed E-state index contributed by atoms with van der Waals surface area (Å²) < 4.78 is 0. The number of aldehydes is 1. The number of hydrogen-bond donors (Lipinski definition) is 1. The summed E-state index contributed by atoms with van der Waals surface area (Å²) in [5.74, 6) is 0.0947. The molecule has 0 aliphatic carbocycles. The highest BCUT2D eigenvalue weighted by Gasteiger charge is 2.04. The van der Waals surface area contributed by atoms with Gasteiger partial charge in [0.1, 0.15) is 12.0 Å². The van der Waals surface area contributed by atoms with Crippen LogP contribution in [0.3, 0.4) is 0 Å². The van der Waals surface area contributed by atoms with E-state index >= 15 is 0 Å². The maximum Gasteiger partial charge on any atom is 0.159 e. The van der Waals surface area contributed by atoms with Gasteiger partial charge in [-0.05, 0) is 49.6 Å². The maximum absolute atomic E-state index is 11.1. The quantitative estimate of drug-likeness (QED) is 0.479. The molecule has 0 heterocycles. The van der Waals surface area contributed by atoms with Crippen LogP contribution in [-0.4, -0.2) is 17.2 Å². The molecule has 0 fully saturated rings. The van der Waals surface area contributed by atoms with Crippen molar-refractivity contribution in [3.8, 4) is 5.75 Å². The van der Waals surface area contributed by atoms with Gasteiger partial charge in [0, 0.05) is 5.56 Å². The summed E-state index contributed by atoms with van der Waals surface area (Å²) >= 11 is 0. The summed E-state index contributed by atoms with van der Waals surface area (Å²) in [6.45, 7) is 3.17. The van der Waals surface area contributed by atoms with Crippen LogP contribution in [0.2, 0.25) is 0 Å². The van der Waals surface area contributed by atoms with Crippen molar-refractivity contribution < 1.29 is 14.7 Å². The lowest BCUT2D eigenvalue weighted by atomic mass is 10.0. The summed E-state index contributed by atoms with van der Waals surface area (Å²) in [6.07, 6.45) is 2.91. The van der Waals surface area contributed by atoms with Crippen LogP contribution in [-0.2, 0) is 11.2 Å². The molecule has 0 saturated heterocycles. The molecule has 1 N–H and O–H groups in total. The number of carbonyl (C=O) groups is 2. The molecule has 3 nitrogen and oxygen atoms in total. The second-order valence-electron chi connectivity index (χ2n) is 3.67. The first-order chi connectivity index (χ1) is 7.54. The molecule has 16 heavy (non-hydrogen) atoms. The highest BCUT2D eigenvalue weighted by atomic mass is 16.3. The van der Waals surface area contributed by atoms with E-state index in [1.807, 2.05) is 0 Å². The average molecular weight is 218 g/mol. The van der Waals surface area contributed by atoms with Gasteiger partial charge in [-0.2, -0.15) is 0 Å². The zero-order valence-corrected chi connectivity index (χ0v) is 9.36. The standard InChI is InChI=1S/C13H14O3/c1-9(8-14)3-4-12-7-11(10(2)15)5-6-13(12)16/h3,5-8,16H,4H2,1-2H3/b9-3+. The van der Waals surface area contributed by atoms with Crippen molar-refractivity contribution >= 4 is 12.1 Å². The molecular formula is C13H14O3. The van der Waals surface area contributed by atoms with E-state index in [0.29, 0.717) is 23.1 Å². The molecule has 3 heteroatoms. The van der Waals surface area contributed by atoms with Gasteiger partial charge in [0.2, 0.25) is 0 Å². The minimum absolute atomic E-state index is 0.0441. The van der Waals surface area contributed by atoms with Crippen molar-refractivity contribution in [2.45, 2.75) is 20.3 Å². The summed E-state index contributed by atoms with van der Waals surface area (Å²) in [6, 6.07) is 4.72. The fourth-order valence-electron chi connectivity index (χ4n) is 1.29. The topological polar surface area (TPSA) is 54.4 Å². The highest BCUT2D eigenvalue weighted by molar-refractivity contribution is 5.94. The van der Waals surface area contributed by atoms with Gasteiger partial charge in [-0.1, -0.05) is 6.08 Å². The van der Waals surface area contributed by atoms with E-state index in [9.17, 15) is 14.7 Å². The van der Waals surface area contributed by atoms with Crippen LogP contribution in [0, 0.1) is 0 Å². The molecule has 0 spiro atoms. The smallest absolute Gasteiger partial charge is 0.159 e. The Bertz CT molecular complexity index is 444. The molecular weight excluding hydrogens is 204 g/mol. The number of phenols is 1. The van der Waals surface area contributed by atoms with Gasteiger partial charge in [-0.15, -0.1) is 0 Å². The molecule has 0 saturated carbocycles. The van der Waals surface area contributed by atoms with Crippen molar-refractivity contribution in [2.75, 3.05) is 0 Å². The Kier molecular flexibility index (Phi) is 4.00. The Morgan fingerprint density at radius 1 is 1.38 bits per heavy atom. The van der Waals surface area contributed by atoms with Gasteiger partial charge in [0.25, 0.3) is 0 Å². The van der Waals surface area contributed by atoms with Crippen molar-refractivity contribution in [1.82, 2.24) is 0 Å². The molecule has 0 atom stereocenters. The van der Waals surface area contributed by atoms with Crippen LogP contribution in [0.1, 0.15) is 29.8 Å². The van der Waals surface area contributed by atoms with Crippen LogP contribution < -0.4 is 0 Å². The molecule has 84 valence electrons. The van der Waals surface area contributed by atoms with Crippen LogP contribution in [0.25, 0.3) is 0 Å². The number of rotatable bonds is 4. The first-order valence-corrected chi connectivity index (χ1v) is 4.99. The van der Waals surface area contributed by atoms with Crippen LogP contribution >= 0.6 is 0 Å². The molecule has 1 aromatic rings. The number of phenolic OH excluding ortho intramolecular Hbond substituents is 1. The van der Waals surface area contributed by atoms with Gasteiger partial charge in [0.05, 0.1) is 0 Å². The zero-order chi connectivity index (χ0) is 12.1. The van der Waals surface area contributed by atoms with Crippen molar-refractivity contribution in [3.63, 3.8) is 0 Å². The van der Waals surface area contributed by atoms with Crippen molar-refractivity contribution in [1.29, 1.82) is 0 Å². The third kappa shape index (κ3) is 3.05. The lowest BCUT2D eigenvalue weighted by Crippen LogP contribution is -1.94. The summed E-state index contributed by atoms with van der Waals surface area (Å²) in [7, 11) is 0. The molecule has 0 aliphatic heterocycles. The van der Waals surface area contributed by atoms with Crippen LogP contribution in [0.15, 0.2) is 29.8 Å². The largest absolute Gasteiger partial charge is 0.508 e. The van der Waals surface area contributed by atoms with E-state index in [2.05, 4.69) is 0 Å². The van der Waals surface area contributed by atoms with E-state index in [-0.39, 0.29) is 11.5 Å². The van der Waals surface area contributed by atoms with Gasteiger partial charge in [-0.25, -0.2) is 0 Å². The predicted octanol–water partition coefficient (Wildman–Crippen LogP) is 2.28. The number of allylic oxidation sites excluding steroid dienone is 2. The number of benzene rings is 1. The van der Waals surface area contributed by atoms with E-state index in [0.717, 1.165) is 6.29 Å². The highest BCUT2D eigenvalue weighted by Crippen LogP contribution is 2.20. The minimum Gasteiger partial charge on any atom is -0.508 e. The first kappa shape index (κ1) is 12.2. The zero-order valence-electron chi connectivity index (χ0n) is 9.36. The molecule has 0 amide bonds. The molecule has 1 aromatic carbocycles. The van der Waals surface area contributed by atoms with Crippen molar-refractivity contribution in [2.24, 2.45) is 0 Å². The monoisotopic (exact) mass is 218 g/mol. The Morgan fingerprint density at radius 3 is 2.62 bits per heavy atom. The van der Waals surface area contributed by atoms with Gasteiger partial charge in [-0.3, -0.25) is 9.59 Å². The van der Waals surface area contributed by atoms with Crippen LogP contribution in [0.4, 0.5) is 0 Å². The fourth-order valence-corrected chi connectivity index (χ4v) is 1.29. The third-order valence-corrected chi connectivity index (χ3v) is 2.32. The molecule has 0 bridgehead atoms. The van der Waals surface area contributed by atoms with E-state index in [1.165, 1.54) is 13.0 Å². The molecule has 0 aromatic heterocycles. The second kappa shape index (κ2) is 5.26.